The predicted molar refractivity (Wildman–Crippen MR) is 170 cm³/mol. The minimum absolute atomic E-state index is 0.0492. The standard InChI is InChI=1S/C32H37FN4O7S2/c1-4-43-27-8-6-5-7-24(27)32(44-31(39)36-18-16-35(17-19-36)23-11-14-34(2)15-12-23)25-21-22(33)9-10-26(25)37(30(32)38)46(40,41)29-28(42-3)13-20-45-29/h5-10,13,20-21,23H,4,11-12,14-19H2,1-3H3. The zero-order valence-electron chi connectivity index (χ0n) is 26.0. The van der Waals surface area contributed by atoms with E-state index in [9.17, 15) is 18.0 Å². The number of hydrogen-bond donors (Lipinski definition) is 0. The summed E-state index contributed by atoms with van der Waals surface area (Å²) in [7, 11) is -1.16. The number of fused-ring (bicyclic) bond motifs is 1. The normalized spacial score (nSPS) is 21.3. The molecule has 3 aliphatic rings. The number of piperazine rings is 1. The Hall–Kier alpha value is -3.72. The summed E-state index contributed by atoms with van der Waals surface area (Å²) in [6, 6.07) is 11.7. The first-order valence-corrected chi connectivity index (χ1v) is 17.6. The van der Waals surface area contributed by atoms with Crippen LogP contribution in [0, 0.1) is 5.82 Å². The van der Waals surface area contributed by atoms with Gasteiger partial charge in [-0.05, 0) is 75.6 Å². The molecule has 0 spiro atoms. The Bertz CT molecular complexity index is 1720. The van der Waals surface area contributed by atoms with E-state index in [1.165, 1.54) is 35.6 Å². The molecule has 246 valence electrons. The number of hydrogen-bond acceptors (Lipinski definition) is 10. The van der Waals surface area contributed by atoms with Gasteiger partial charge in [0, 0.05) is 37.8 Å². The number of nitrogens with zero attached hydrogens (tertiary/aromatic N) is 4. The van der Waals surface area contributed by atoms with E-state index < -0.39 is 33.4 Å². The summed E-state index contributed by atoms with van der Waals surface area (Å²) in [6.07, 6.45) is 1.29. The Balaban J connectivity index is 1.41. The molecule has 2 fully saturated rings. The predicted octanol–water partition coefficient (Wildman–Crippen LogP) is 4.12. The van der Waals surface area contributed by atoms with Crippen LogP contribution in [0.2, 0.25) is 0 Å². The van der Waals surface area contributed by atoms with Gasteiger partial charge in [0.25, 0.3) is 15.9 Å². The Morgan fingerprint density at radius 2 is 1.72 bits per heavy atom. The monoisotopic (exact) mass is 672 g/mol. The molecular weight excluding hydrogens is 636 g/mol. The minimum Gasteiger partial charge on any atom is -0.494 e. The van der Waals surface area contributed by atoms with E-state index in [0.29, 0.717) is 36.5 Å². The molecule has 1 aromatic heterocycles. The van der Waals surface area contributed by atoms with E-state index in [1.807, 2.05) is 0 Å². The lowest BCUT2D eigenvalue weighted by Gasteiger charge is -2.42. The van der Waals surface area contributed by atoms with Crippen molar-refractivity contribution >= 4 is 39.0 Å². The highest BCUT2D eigenvalue weighted by Gasteiger charge is 2.61. The van der Waals surface area contributed by atoms with Crippen molar-refractivity contribution < 1.29 is 36.6 Å². The van der Waals surface area contributed by atoms with Gasteiger partial charge < -0.3 is 24.0 Å². The van der Waals surface area contributed by atoms with Gasteiger partial charge in [0.2, 0.25) is 5.60 Å². The number of thiophene rings is 1. The van der Waals surface area contributed by atoms with E-state index in [-0.39, 0.29) is 39.1 Å². The van der Waals surface area contributed by atoms with Crippen LogP contribution >= 0.6 is 11.3 Å². The molecule has 0 N–H and O–H groups in total. The number of rotatable bonds is 8. The van der Waals surface area contributed by atoms with Gasteiger partial charge in [0.1, 0.15) is 17.3 Å². The highest BCUT2D eigenvalue weighted by Crippen LogP contribution is 2.52. The Morgan fingerprint density at radius 3 is 2.41 bits per heavy atom. The van der Waals surface area contributed by atoms with Crippen LogP contribution in [-0.2, 0) is 25.2 Å². The smallest absolute Gasteiger partial charge is 0.411 e. The highest BCUT2D eigenvalue weighted by molar-refractivity contribution is 7.95. The van der Waals surface area contributed by atoms with Gasteiger partial charge in [0.15, 0.2) is 4.21 Å². The van der Waals surface area contributed by atoms with Crippen LogP contribution in [0.15, 0.2) is 58.1 Å². The van der Waals surface area contributed by atoms with Crippen LogP contribution in [0.1, 0.15) is 30.9 Å². The number of amides is 2. The lowest BCUT2D eigenvalue weighted by Crippen LogP contribution is -2.55. The molecule has 0 radical (unpaired) electrons. The van der Waals surface area contributed by atoms with E-state index in [2.05, 4.69) is 16.8 Å². The number of halogens is 1. The van der Waals surface area contributed by atoms with Gasteiger partial charge in [-0.25, -0.2) is 9.18 Å². The maximum atomic E-state index is 15.1. The number of likely N-dealkylation sites (tertiary alicyclic amines) is 1. The molecule has 0 bridgehead atoms. The average Bonchev–Trinajstić information content (AvgIpc) is 3.64. The van der Waals surface area contributed by atoms with Crippen LogP contribution in [0.5, 0.6) is 11.5 Å². The lowest BCUT2D eigenvalue weighted by atomic mass is 9.86. The number of sulfonamides is 1. The second kappa shape index (κ2) is 12.8. The first-order chi connectivity index (χ1) is 22.1. The Kier molecular flexibility index (Phi) is 8.98. The van der Waals surface area contributed by atoms with E-state index in [0.717, 1.165) is 49.4 Å². The van der Waals surface area contributed by atoms with E-state index in [4.69, 9.17) is 14.2 Å². The maximum absolute atomic E-state index is 15.1. The topological polar surface area (TPSA) is 109 Å². The molecule has 2 amide bonds. The number of carbonyl (C=O) groups is 2. The SMILES string of the molecule is CCOc1ccccc1C1(OC(=O)N2CCN(C3CCN(C)CC3)CC2)C(=O)N(S(=O)(=O)c2sccc2OC)c2ccc(F)cc21. The molecule has 14 heteroatoms. The Morgan fingerprint density at radius 1 is 1.00 bits per heavy atom. The Labute approximate surface area is 272 Å². The lowest BCUT2D eigenvalue weighted by molar-refractivity contribution is -0.132. The molecule has 0 saturated carbocycles. The summed E-state index contributed by atoms with van der Waals surface area (Å²) < 4.78 is 61.2. The number of anilines is 1. The molecule has 3 aromatic rings. The fraction of sp³-hybridized carbons (Fsp3) is 0.438. The quantitative estimate of drug-likeness (QED) is 0.349. The molecule has 2 saturated heterocycles. The zero-order chi connectivity index (χ0) is 32.6. The second-order valence-electron chi connectivity index (χ2n) is 11.5. The summed E-state index contributed by atoms with van der Waals surface area (Å²) >= 11 is 0.875. The molecule has 46 heavy (non-hydrogen) atoms. The molecule has 4 heterocycles. The third kappa shape index (κ3) is 5.50. The summed E-state index contributed by atoms with van der Waals surface area (Å²) in [4.78, 5) is 35.1. The average molecular weight is 673 g/mol. The minimum atomic E-state index is -4.60. The van der Waals surface area contributed by atoms with Gasteiger partial charge in [-0.15, -0.1) is 11.3 Å². The number of ether oxygens (including phenoxy) is 3. The molecule has 1 atom stereocenters. The third-order valence-corrected chi connectivity index (χ3v) is 12.0. The van der Waals surface area contributed by atoms with Crippen molar-refractivity contribution in [1.82, 2.24) is 14.7 Å². The van der Waals surface area contributed by atoms with Gasteiger partial charge >= 0.3 is 6.09 Å². The molecule has 11 nitrogen and oxygen atoms in total. The van der Waals surface area contributed by atoms with Crippen LogP contribution in [0.3, 0.4) is 0 Å². The zero-order valence-corrected chi connectivity index (χ0v) is 27.6. The molecule has 2 aromatic carbocycles. The summed E-state index contributed by atoms with van der Waals surface area (Å²) in [5.41, 5.74) is -2.54. The van der Waals surface area contributed by atoms with Crippen molar-refractivity contribution in [2.75, 3.05) is 64.3 Å². The van der Waals surface area contributed by atoms with Gasteiger partial charge in [0.05, 0.1) is 25.0 Å². The van der Waals surface area contributed by atoms with E-state index in [1.54, 1.807) is 25.1 Å². The number of methoxy groups -OCH3 is 1. The van der Waals surface area contributed by atoms with Gasteiger partial charge in [-0.1, -0.05) is 18.2 Å². The summed E-state index contributed by atoms with van der Waals surface area (Å²) in [6.45, 7) is 5.96. The first kappa shape index (κ1) is 32.2. The van der Waals surface area contributed by atoms with Crippen molar-refractivity contribution in [2.24, 2.45) is 0 Å². The van der Waals surface area contributed by atoms with Crippen LogP contribution < -0.4 is 13.8 Å². The molecular formula is C32H37FN4O7S2. The van der Waals surface area contributed by atoms with Gasteiger partial charge in [-0.2, -0.15) is 12.7 Å². The number of benzene rings is 2. The second-order valence-corrected chi connectivity index (χ2v) is 14.4. The van der Waals surface area contributed by atoms with Crippen molar-refractivity contribution in [1.29, 1.82) is 0 Å². The van der Waals surface area contributed by atoms with Crippen LogP contribution in [0.4, 0.5) is 14.9 Å². The van der Waals surface area contributed by atoms with Gasteiger partial charge in [-0.3, -0.25) is 9.69 Å². The number of carbonyl (C=O) groups excluding carboxylic acids is 2. The number of para-hydroxylation sites is 1. The molecule has 1 unspecified atom stereocenters. The maximum Gasteiger partial charge on any atom is 0.411 e. The number of piperidine rings is 1. The fourth-order valence-corrected chi connectivity index (χ4v) is 9.35. The molecule has 0 aliphatic carbocycles. The fourth-order valence-electron chi connectivity index (χ4n) is 6.56. The summed E-state index contributed by atoms with van der Waals surface area (Å²) in [5.74, 6) is -1.58. The first-order valence-electron chi connectivity index (χ1n) is 15.3. The van der Waals surface area contributed by atoms with Crippen molar-refractivity contribution in [3.05, 3.63) is 70.9 Å². The van der Waals surface area contributed by atoms with Crippen LogP contribution in [-0.4, -0.2) is 101 Å². The highest BCUT2D eigenvalue weighted by atomic mass is 32.2. The molecule has 3 aliphatic heterocycles. The van der Waals surface area contributed by atoms with Crippen LogP contribution in [0.25, 0.3) is 0 Å². The van der Waals surface area contributed by atoms with Crippen molar-refractivity contribution in [3.63, 3.8) is 0 Å². The largest absolute Gasteiger partial charge is 0.494 e. The summed E-state index contributed by atoms with van der Waals surface area (Å²) in [5, 5.41) is 1.53. The van der Waals surface area contributed by atoms with Crippen molar-refractivity contribution in [3.8, 4) is 11.5 Å². The third-order valence-electron chi connectivity index (χ3n) is 8.92. The molecule has 6 rings (SSSR count). The van der Waals surface area contributed by atoms with E-state index >= 15 is 4.39 Å². The van der Waals surface area contributed by atoms with Crippen molar-refractivity contribution in [2.45, 2.75) is 35.6 Å².